The van der Waals surface area contributed by atoms with Crippen molar-refractivity contribution in [1.29, 1.82) is 5.41 Å². The van der Waals surface area contributed by atoms with E-state index in [0.29, 0.717) is 12.1 Å². The largest absolute Gasteiger partial charge is 0.308 e. The van der Waals surface area contributed by atoms with Crippen LogP contribution in [-0.2, 0) is 4.79 Å². The topological polar surface area (TPSA) is 53.3 Å². The molecule has 0 aliphatic carbocycles. The molecule has 2 rings (SSSR count). The minimum absolute atomic E-state index is 0.0465. The molecule has 1 N–H and O–H groups in total. The summed E-state index contributed by atoms with van der Waals surface area (Å²) >= 11 is 0. The Morgan fingerprint density at radius 2 is 2.25 bits per heavy atom. The van der Waals surface area contributed by atoms with Gasteiger partial charge < -0.3 is 5.41 Å². The van der Waals surface area contributed by atoms with Crippen LogP contribution in [0.4, 0.5) is 0 Å². The summed E-state index contributed by atoms with van der Waals surface area (Å²) in [6.07, 6.45) is 4.93. The number of nitrogens with zero attached hydrogens (tertiary/aromatic N) is 1. The van der Waals surface area contributed by atoms with E-state index in [4.69, 9.17) is 5.41 Å². The van der Waals surface area contributed by atoms with E-state index in [0.717, 1.165) is 16.7 Å². The van der Waals surface area contributed by atoms with E-state index in [-0.39, 0.29) is 5.78 Å². The minimum atomic E-state index is 0.0465. The molecule has 3 nitrogen and oxygen atoms in total. The van der Waals surface area contributed by atoms with Gasteiger partial charge in [-0.2, -0.15) is 0 Å². The number of benzene rings is 1. The van der Waals surface area contributed by atoms with Crippen LogP contribution in [0.2, 0.25) is 0 Å². The van der Waals surface area contributed by atoms with Gasteiger partial charge in [0.25, 0.3) is 0 Å². The van der Waals surface area contributed by atoms with Crippen LogP contribution in [0.1, 0.15) is 23.6 Å². The first-order valence-electron chi connectivity index (χ1n) is 5.06. The van der Waals surface area contributed by atoms with Crippen molar-refractivity contribution < 1.29 is 4.79 Å². The highest BCUT2D eigenvalue weighted by atomic mass is 16.1. The highest BCUT2D eigenvalue weighted by molar-refractivity contribution is 6.01. The number of carbonyl (C=O) groups is 1. The molecule has 3 heteroatoms. The second kappa shape index (κ2) is 4.23. The van der Waals surface area contributed by atoms with Gasteiger partial charge >= 0.3 is 0 Å². The average Bonchev–Trinajstić information content (AvgIpc) is 2.49. The molecule has 1 aliphatic heterocycles. The SMILES string of the molecule is CC(=O)C1=Cc2cc(C=N)ccc2C=NC1. The van der Waals surface area contributed by atoms with Crippen molar-refractivity contribution in [1.82, 2.24) is 0 Å². The summed E-state index contributed by atoms with van der Waals surface area (Å²) in [5.41, 5.74) is 3.47. The normalized spacial score (nSPS) is 13.7. The van der Waals surface area contributed by atoms with Crippen LogP contribution in [0, 0.1) is 5.41 Å². The summed E-state index contributed by atoms with van der Waals surface area (Å²) in [7, 11) is 0. The molecule has 1 aromatic rings. The maximum atomic E-state index is 11.3. The lowest BCUT2D eigenvalue weighted by Crippen LogP contribution is -1.99. The lowest BCUT2D eigenvalue weighted by molar-refractivity contribution is -0.113. The number of Topliss-reactive ketones (excluding diaryl/α,β-unsaturated/α-hetero) is 1. The molecular formula is C13H12N2O. The Morgan fingerprint density at radius 1 is 1.44 bits per heavy atom. The zero-order valence-electron chi connectivity index (χ0n) is 9.03. The van der Waals surface area contributed by atoms with Gasteiger partial charge in [0.1, 0.15) is 0 Å². The Hall–Kier alpha value is -2.03. The Bertz CT molecular complexity index is 513. The Morgan fingerprint density at radius 3 is 2.94 bits per heavy atom. The fourth-order valence-corrected chi connectivity index (χ4v) is 1.61. The number of fused-ring (bicyclic) bond motifs is 1. The molecular weight excluding hydrogens is 200 g/mol. The van der Waals surface area contributed by atoms with Gasteiger partial charge in [-0.1, -0.05) is 12.1 Å². The molecule has 0 fully saturated rings. The van der Waals surface area contributed by atoms with Gasteiger partial charge in [0.2, 0.25) is 0 Å². The Balaban J connectivity index is 2.56. The van der Waals surface area contributed by atoms with E-state index in [1.165, 1.54) is 6.21 Å². The summed E-state index contributed by atoms with van der Waals surface area (Å²) in [6, 6.07) is 5.67. The van der Waals surface area contributed by atoms with Crippen LogP contribution >= 0.6 is 0 Å². The van der Waals surface area contributed by atoms with Crippen molar-refractivity contribution in [2.75, 3.05) is 6.54 Å². The van der Waals surface area contributed by atoms with Gasteiger partial charge in [-0.05, 0) is 35.8 Å². The second-order valence-corrected chi connectivity index (χ2v) is 3.73. The number of carbonyl (C=O) groups excluding carboxylic acids is 1. The Labute approximate surface area is 94.0 Å². The fraction of sp³-hybridized carbons (Fsp3) is 0.154. The van der Waals surface area contributed by atoms with Crippen molar-refractivity contribution in [3.8, 4) is 0 Å². The number of nitrogens with one attached hydrogen (secondary N) is 1. The van der Waals surface area contributed by atoms with E-state index >= 15 is 0 Å². The predicted molar refractivity (Wildman–Crippen MR) is 65.4 cm³/mol. The van der Waals surface area contributed by atoms with Crippen molar-refractivity contribution in [3.05, 3.63) is 40.5 Å². The number of hydrogen-bond acceptors (Lipinski definition) is 3. The molecule has 0 radical (unpaired) electrons. The molecule has 0 atom stereocenters. The van der Waals surface area contributed by atoms with Gasteiger partial charge in [0.05, 0.1) is 6.54 Å². The first kappa shape index (κ1) is 10.5. The van der Waals surface area contributed by atoms with Crippen LogP contribution in [-0.4, -0.2) is 24.8 Å². The molecule has 0 unspecified atom stereocenters. The van der Waals surface area contributed by atoms with Gasteiger partial charge in [-0.3, -0.25) is 9.79 Å². The summed E-state index contributed by atoms with van der Waals surface area (Å²) in [4.78, 5) is 15.5. The van der Waals surface area contributed by atoms with Gasteiger partial charge in [-0.15, -0.1) is 0 Å². The maximum Gasteiger partial charge on any atom is 0.157 e. The first-order valence-corrected chi connectivity index (χ1v) is 5.06. The quantitative estimate of drug-likeness (QED) is 0.750. The molecule has 80 valence electrons. The van der Waals surface area contributed by atoms with E-state index < -0.39 is 0 Å². The lowest BCUT2D eigenvalue weighted by atomic mass is 10.0. The molecule has 0 amide bonds. The highest BCUT2D eigenvalue weighted by Crippen LogP contribution is 2.17. The maximum absolute atomic E-state index is 11.3. The zero-order chi connectivity index (χ0) is 11.5. The van der Waals surface area contributed by atoms with Crippen molar-refractivity contribution in [3.63, 3.8) is 0 Å². The molecule has 0 bridgehead atoms. The van der Waals surface area contributed by atoms with Crippen LogP contribution in [0.5, 0.6) is 0 Å². The van der Waals surface area contributed by atoms with E-state index in [9.17, 15) is 4.79 Å². The first-order chi connectivity index (χ1) is 7.70. The van der Waals surface area contributed by atoms with Gasteiger partial charge in [-0.25, -0.2) is 0 Å². The predicted octanol–water partition coefficient (Wildman–Crippen LogP) is 2.09. The van der Waals surface area contributed by atoms with E-state index in [1.807, 2.05) is 24.3 Å². The van der Waals surface area contributed by atoms with Crippen molar-refractivity contribution in [2.24, 2.45) is 4.99 Å². The minimum Gasteiger partial charge on any atom is -0.308 e. The Kier molecular flexibility index (Phi) is 2.77. The number of hydrogen-bond donors (Lipinski definition) is 1. The molecule has 0 saturated heterocycles. The van der Waals surface area contributed by atoms with Crippen LogP contribution in [0.15, 0.2) is 28.8 Å². The van der Waals surface area contributed by atoms with E-state index in [1.54, 1.807) is 13.1 Å². The van der Waals surface area contributed by atoms with Crippen molar-refractivity contribution in [2.45, 2.75) is 6.92 Å². The average molecular weight is 212 g/mol. The molecule has 16 heavy (non-hydrogen) atoms. The molecule has 0 aromatic heterocycles. The smallest absolute Gasteiger partial charge is 0.157 e. The highest BCUT2D eigenvalue weighted by Gasteiger charge is 2.08. The molecule has 0 spiro atoms. The summed E-state index contributed by atoms with van der Waals surface area (Å²) in [5.74, 6) is 0.0465. The van der Waals surface area contributed by atoms with Crippen LogP contribution in [0.3, 0.4) is 0 Å². The third kappa shape index (κ3) is 1.98. The number of rotatable bonds is 2. The van der Waals surface area contributed by atoms with Crippen LogP contribution in [0.25, 0.3) is 6.08 Å². The van der Waals surface area contributed by atoms with Gasteiger partial charge in [0.15, 0.2) is 5.78 Å². The number of ketones is 1. The zero-order valence-corrected chi connectivity index (χ0v) is 9.03. The molecule has 0 saturated carbocycles. The summed E-state index contributed by atoms with van der Waals surface area (Å²) in [6.45, 7) is 1.98. The number of aliphatic imine (C=N–C) groups is 1. The fourth-order valence-electron chi connectivity index (χ4n) is 1.61. The second-order valence-electron chi connectivity index (χ2n) is 3.73. The molecule has 1 heterocycles. The third-order valence-electron chi connectivity index (χ3n) is 2.55. The summed E-state index contributed by atoms with van der Waals surface area (Å²) < 4.78 is 0. The van der Waals surface area contributed by atoms with E-state index in [2.05, 4.69) is 4.99 Å². The molecule has 1 aliphatic rings. The van der Waals surface area contributed by atoms with Crippen molar-refractivity contribution >= 4 is 24.3 Å². The monoisotopic (exact) mass is 212 g/mol. The summed E-state index contributed by atoms with van der Waals surface area (Å²) in [5, 5.41) is 7.20. The molecule has 1 aromatic carbocycles. The third-order valence-corrected chi connectivity index (χ3v) is 2.55. The lowest BCUT2D eigenvalue weighted by Gasteiger charge is -2.01. The standard InChI is InChI=1S/C13H12N2O/c1-9(16)13-5-12-4-10(6-14)2-3-11(12)7-15-8-13/h2-7,14H,8H2,1H3. The van der Waals surface area contributed by atoms with Gasteiger partial charge in [0, 0.05) is 18.0 Å². The van der Waals surface area contributed by atoms with Crippen LogP contribution < -0.4 is 0 Å².